The Balaban J connectivity index is 2.47. The zero-order chi connectivity index (χ0) is 12.2. The van der Waals surface area contributed by atoms with Gasteiger partial charge in [0.05, 0.1) is 5.60 Å². The second-order valence-corrected chi connectivity index (χ2v) is 5.17. The average Bonchev–Trinajstić information content (AvgIpc) is 2.16. The fourth-order valence-electron chi connectivity index (χ4n) is 1.53. The van der Waals surface area contributed by atoms with Crippen LogP contribution in [0.15, 0.2) is 24.3 Å². The topological polar surface area (TPSA) is 32.3 Å². The zero-order valence-electron chi connectivity index (χ0n) is 10.1. The number of hydrogen-bond acceptors (Lipinski definition) is 2. The predicted octanol–water partition coefficient (Wildman–Crippen LogP) is 3.15. The third-order valence-electron chi connectivity index (χ3n) is 2.56. The molecule has 0 aliphatic carbocycles. The van der Waals surface area contributed by atoms with Crippen LogP contribution in [0.25, 0.3) is 0 Å². The lowest BCUT2D eigenvalue weighted by atomic mass is 10.0. The molecule has 1 atom stereocenters. The summed E-state index contributed by atoms with van der Waals surface area (Å²) >= 11 is 6.10. The van der Waals surface area contributed by atoms with Crippen molar-refractivity contribution in [2.45, 2.75) is 38.8 Å². The van der Waals surface area contributed by atoms with Crippen LogP contribution in [0.4, 0.5) is 0 Å². The van der Waals surface area contributed by atoms with Crippen LogP contribution in [0, 0.1) is 0 Å². The number of rotatable bonds is 5. The Morgan fingerprint density at radius 2 is 2.00 bits per heavy atom. The quantitative estimate of drug-likeness (QED) is 0.830. The van der Waals surface area contributed by atoms with Crippen LogP contribution in [0.5, 0.6) is 0 Å². The molecule has 0 aromatic heterocycles. The molecule has 0 heterocycles. The molecule has 0 spiro atoms. The van der Waals surface area contributed by atoms with Crippen molar-refractivity contribution in [1.29, 1.82) is 0 Å². The van der Waals surface area contributed by atoms with Gasteiger partial charge in [0, 0.05) is 11.1 Å². The molecular formula is C13H20ClNO. The number of benzene rings is 1. The Bertz CT molecular complexity index is 333. The van der Waals surface area contributed by atoms with Crippen LogP contribution in [-0.2, 0) is 0 Å². The first kappa shape index (κ1) is 13.5. The van der Waals surface area contributed by atoms with E-state index >= 15 is 0 Å². The van der Waals surface area contributed by atoms with Crippen LogP contribution in [0.1, 0.15) is 38.8 Å². The van der Waals surface area contributed by atoms with Crippen LogP contribution in [0.3, 0.4) is 0 Å². The molecule has 0 saturated heterocycles. The van der Waals surface area contributed by atoms with Gasteiger partial charge in [-0.3, -0.25) is 0 Å². The molecule has 0 unspecified atom stereocenters. The number of aliphatic hydroxyl groups is 1. The summed E-state index contributed by atoms with van der Waals surface area (Å²) in [4.78, 5) is 0. The van der Waals surface area contributed by atoms with Crippen LogP contribution >= 0.6 is 11.6 Å². The summed E-state index contributed by atoms with van der Waals surface area (Å²) in [6, 6.07) is 8.02. The maximum Gasteiger partial charge on any atom is 0.0603 e. The molecule has 1 aromatic carbocycles. The second kappa shape index (κ2) is 5.67. The first-order chi connectivity index (χ1) is 7.40. The van der Waals surface area contributed by atoms with E-state index < -0.39 is 5.60 Å². The summed E-state index contributed by atoms with van der Waals surface area (Å²) in [5.74, 6) is 0. The van der Waals surface area contributed by atoms with Gasteiger partial charge in [-0.05, 0) is 45.4 Å². The largest absolute Gasteiger partial charge is 0.390 e. The van der Waals surface area contributed by atoms with Crippen molar-refractivity contribution in [3.8, 4) is 0 Å². The van der Waals surface area contributed by atoms with Crippen molar-refractivity contribution in [2.24, 2.45) is 0 Å². The van der Waals surface area contributed by atoms with Gasteiger partial charge in [-0.2, -0.15) is 0 Å². The Labute approximate surface area is 103 Å². The molecule has 2 nitrogen and oxygen atoms in total. The van der Waals surface area contributed by atoms with Crippen molar-refractivity contribution in [3.63, 3.8) is 0 Å². The summed E-state index contributed by atoms with van der Waals surface area (Å²) in [6.07, 6.45) is 0.724. The summed E-state index contributed by atoms with van der Waals surface area (Å²) in [6.45, 7) is 6.48. The molecule has 0 fully saturated rings. The lowest BCUT2D eigenvalue weighted by Crippen LogP contribution is -2.28. The molecule has 2 N–H and O–H groups in total. The van der Waals surface area contributed by atoms with Gasteiger partial charge in [0.25, 0.3) is 0 Å². The van der Waals surface area contributed by atoms with E-state index in [1.54, 1.807) is 0 Å². The third kappa shape index (κ3) is 4.52. The van der Waals surface area contributed by atoms with Crippen LogP contribution in [0.2, 0.25) is 5.02 Å². The Morgan fingerprint density at radius 1 is 1.38 bits per heavy atom. The van der Waals surface area contributed by atoms with E-state index in [1.807, 2.05) is 38.1 Å². The summed E-state index contributed by atoms with van der Waals surface area (Å²) in [7, 11) is 0. The number of nitrogens with one attached hydrogen (secondary N) is 1. The van der Waals surface area contributed by atoms with Crippen molar-refractivity contribution in [2.75, 3.05) is 6.54 Å². The molecule has 0 amide bonds. The first-order valence-electron chi connectivity index (χ1n) is 5.60. The third-order valence-corrected chi connectivity index (χ3v) is 2.90. The minimum absolute atomic E-state index is 0.205. The van der Waals surface area contributed by atoms with Gasteiger partial charge >= 0.3 is 0 Å². The molecule has 0 bridgehead atoms. The Kier molecular flexibility index (Phi) is 4.78. The van der Waals surface area contributed by atoms with E-state index in [0.29, 0.717) is 0 Å². The van der Waals surface area contributed by atoms with Gasteiger partial charge in [0.1, 0.15) is 0 Å². The highest BCUT2D eigenvalue weighted by Gasteiger charge is 2.13. The fourth-order valence-corrected chi connectivity index (χ4v) is 1.83. The molecule has 1 rings (SSSR count). The highest BCUT2D eigenvalue weighted by atomic mass is 35.5. The molecule has 0 saturated carbocycles. The maximum absolute atomic E-state index is 9.59. The Hall–Kier alpha value is -0.570. The van der Waals surface area contributed by atoms with E-state index in [0.717, 1.165) is 23.6 Å². The van der Waals surface area contributed by atoms with E-state index in [1.165, 1.54) is 0 Å². The van der Waals surface area contributed by atoms with Crippen molar-refractivity contribution in [1.82, 2.24) is 5.32 Å². The van der Waals surface area contributed by atoms with Gasteiger partial charge < -0.3 is 10.4 Å². The van der Waals surface area contributed by atoms with Gasteiger partial charge in [-0.25, -0.2) is 0 Å². The molecule has 0 aliphatic rings. The first-order valence-corrected chi connectivity index (χ1v) is 5.98. The second-order valence-electron chi connectivity index (χ2n) is 4.76. The maximum atomic E-state index is 9.59. The van der Waals surface area contributed by atoms with Crippen molar-refractivity contribution >= 4 is 11.6 Å². The number of hydrogen-bond donors (Lipinski definition) is 2. The van der Waals surface area contributed by atoms with Gasteiger partial charge in [-0.15, -0.1) is 0 Å². The minimum atomic E-state index is -0.618. The Morgan fingerprint density at radius 3 is 2.56 bits per heavy atom. The zero-order valence-corrected chi connectivity index (χ0v) is 10.9. The van der Waals surface area contributed by atoms with Gasteiger partial charge in [0.15, 0.2) is 0 Å². The molecule has 90 valence electrons. The highest BCUT2D eigenvalue weighted by Crippen LogP contribution is 2.22. The van der Waals surface area contributed by atoms with Gasteiger partial charge in [0.2, 0.25) is 0 Å². The standard InChI is InChI=1S/C13H20ClNO/c1-10(15-9-8-13(2,3)16)11-6-4-5-7-12(11)14/h4-7,10,15-16H,8-9H2,1-3H3/t10-/m1/s1. The molecule has 0 aliphatic heterocycles. The SMILES string of the molecule is C[C@@H](NCCC(C)(C)O)c1ccccc1Cl. The monoisotopic (exact) mass is 241 g/mol. The summed E-state index contributed by atoms with van der Waals surface area (Å²) in [5, 5.41) is 13.7. The van der Waals surface area contributed by atoms with E-state index in [2.05, 4.69) is 12.2 Å². The lowest BCUT2D eigenvalue weighted by molar-refractivity contribution is 0.0705. The fraction of sp³-hybridized carbons (Fsp3) is 0.538. The molecule has 0 radical (unpaired) electrons. The van der Waals surface area contributed by atoms with Crippen LogP contribution < -0.4 is 5.32 Å². The van der Waals surface area contributed by atoms with Crippen molar-refractivity contribution < 1.29 is 5.11 Å². The predicted molar refractivity (Wildman–Crippen MR) is 68.8 cm³/mol. The summed E-state index contributed by atoms with van der Waals surface area (Å²) < 4.78 is 0. The van der Waals surface area contributed by atoms with E-state index in [9.17, 15) is 5.11 Å². The molecule has 3 heteroatoms. The van der Waals surface area contributed by atoms with Crippen LogP contribution in [-0.4, -0.2) is 17.3 Å². The van der Waals surface area contributed by atoms with E-state index in [4.69, 9.17) is 11.6 Å². The molecule has 16 heavy (non-hydrogen) atoms. The van der Waals surface area contributed by atoms with Gasteiger partial charge in [-0.1, -0.05) is 29.8 Å². The molecule has 1 aromatic rings. The van der Waals surface area contributed by atoms with Crippen molar-refractivity contribution in [3.05, 3.63) is 34.9 Å². The average molecular weight is 242 g/mol. The highest BCUT2D eigenvalue weighted by molar-refractivity contribution is 6.31. The molecular weight excluding hydrogens is 222 g/mol. The van der Waals surface area contributed by atoms with E-state index in [-0.39, 0.29) is 6.04 Å². The minimum Gasteiger partial charge on any atom is -0.390 e. The summed E-state index contributed by atoms with van der Waals surface area (Å²) in [5.41, 5.74) is 0.479. The number of halogens is 1. The smallest absolute Gasteiger partial charge is 0.0603 e. The normalized spacial score (nSPS) is 13.8. The lowest BCUT2D eigenvalue weighted by Gasteiger charge is -2.20.